The van der Waals surface area contributed by atoms with Crippen molar-refractivity contribution in [1.82, 2.24) is 4.90 Å². The van der Waals surface area contributed by atoms with Gasteiger partial charge in [-0.15, -0.1) is 0 Å². The molecule has 0 saturated carbocycles. The van der Waals surface area contributed by atoms with Gasteiger partial charge in [0.25, 0.3) is 0 Å². The molecule has 48 valence electrons. The molecule has 0 bridgehead atoms. The van der Waals surface area contributed by atoms with E-state index in [2.05, 4.69) is 18.9 Å². The van der Waals surface area contributed by atoms with Crippen LogP contribution in [0.2, 0.25) is 0 Å². The lowest BCUT2D eigenvalue weighted by molar-refractivity contribution is 0.0913. The molecule has 0 unspecified atom stereocenters. The number of likely N-dealkylation sites (tertiary alicyclic amines) is 1. The Morgan fingerprint density at radius 1 is 1.75 bits per heavy atom. The third kappa shape index (κ3) is 0.740. The maximum atomic E-state index is 5.68. The topological polar surface area (TPSA) is 29.3 Å². The van der Waals surface area contributed by atoms with Gasteiger partial charge in [-0.2, -0.15) is 0 Å². The van der Waals surface area contributed by atoms with Crippen LogP contribution in [0.4, 0.5) is 0 Å². The highest BCUT2D eigenvalue weighted by Gasteiger charge is 2.30. The summed E-state index contributed by atoms with van der Waals surface area (Å²) in [5, 5.41) is 0. The fourth-order valence-corrected chi connectivity index (χ4v) is 1.39. The van der Waals surface area contributed by atoms with Crippen LogP contribution in [-0.2, 0) is 0 Å². The van der Waals surface area contributed by atoms with E-state index < -0.39 is 0 Å². The van der Waals surface area contributed by atoms with Gasteiger partial charge in [-0.3, -0.25) is 0 Å². The highest BCUT2D eigenvalue weighted by Crippen LogP contribution is 2.15. The molecule has 2 atom stereocenters. The zero-order valence-electron chi connectivity index (χ0n) is 5.59. The van der Waals surface area contributed by atoms with Crippen LogP contribution in [0.3, 0.4) is 0 Å². The Morgan fingerprint density at radius 2 is 2.38 bits per heavy atom. The van der Waals surface area contributed by atoms with Gasteiger partial charge in [0.15, 0.2) is 0 Å². The quantitative estimate of drug-likeness (QED) is 0.521. The van der Waals surface area contributed by atoms with Crippen LogP contribution in [0.25, 0.3) is 0 Å². The lowest BCUT2D eigenvalue weighted by Crippen LogP contribution is -2.61. The number of hydrogen-bond donors (Lipinski definition) is 1. The molecule has 2 nitrogen and oxygen atoms in total. The molecule has 1 rings (SSSR count). The molecular formula is C6H14N2. The summed E-state index contributed by atoms with van der Waals surface area (Å²) in [7, 11) is 2.12. The largest absolute Gasteiger partial charge is 0.325 e. The molecule has 1 aliphatic heterocycles. The minimum Gasteiger partial charge on any atom is -0.325 e. The zero-order chi connectivity index (χ0) is 6.15. The SMILES string of the molecule is CC[C@@H]1[C@H](N)CN1C. The molecule has 0 amide bonds. The number of hydrogen-bond acceptors (Lipinski definition) is 2. The van der Waals surface area contributed by atoms with Crippen LogP contribution in [0.1, 0.15) is 13.3 Å². The molecular weight excluding hydrogens is 100 g/mol. The van der Waals surface area contributed by atoms with Gasteiger partial charge < -0.3 is 10.6 Å². The van der Waals surface area contributed by atoms with Crippen LogP contribution in [-0.4, -0.2) is 30.6 Å². The number of rotatable bonds is 1. The summed E-state index contributed by atoms with van der Waals surface area (Å²) >= 11 is 0. The minimum atomic E-state index is 0.449. The fourth-order valence-electron chi connectivity index (χ4n) is 1.39. The Balaban J connectivity index is 2.29. The van der Waals surface area contributed by atoms with E-state index in [0.29, 0.717) is 12.1 Å². The molecule has 1 fully saturated rings. The van der Waals surface area contributed by atoms with E-state index >= 15 is 0 Å². The maximum absolute atomic E-state index is 5.68. The molecule has 8 heavy (non-hydrogen) atoms. The van der Waals surface area contributed by atoms with Crippen molar-refractivity contribution in [3.8, 4) is 0 Å². The summed E-state index contributed by atoms with van der Waals surface area (Å²) in [5.41, 5.74) is 5.68. The molecule has 0 aromatic rings. The monoisotopic (exact) mass is 114 g/mol. The summed E-state index contributed by atoms with van der Waals surface area (Å²) in [4.78, 5) is 2.30. The lowest BCUT2D eigenvalue weighted by Gasteiger charge is -2.43. The average molecular weight is 114 g/mol. The van der Waals surface area contributed by atoms with E-state index in [4.69, 9.17) is 5.73 Å². The van der Waals surface area contributed by atoms with Crippen LogP contribution in [0.15, 0.2) is 0 Å². The standard InChI is InChI=1S/C6H14N2/c1-3-6-5(7)4-8(6)2/h5-6H,3-4,7H2,1-2H3/t5-,6-/m1/s1. The Bertz CT molecular complexity index is 74.6. The second-order valence-electron chi connectivity index (χ2n) is 2.58. The highest BCUT2D eigenvalue weighted by molar-refractivity contribution is 4.91. The number of likely N-dealkylation sites (N-methyl/N-ethyl adjacent to an activating group) is 1. The Kier molecular flexibility index (Phi) is 1.54. The van der Waals surface area contributed by atoms with Crippen molar-refractivity contribution < 1.29 is 0 Å². The normalized spacial score (nSPS) is 39.4. The van der Waals surface area contributed by atoms with Gasteiger partial charge >= 0.3 is 0 Å². The van der Waals surface area contributed by atoms with Gasteiger partial charge in [-0.1, -0.05) is 6.92 Å². The van der Waals surface area contributed by atoms with Gasteiger partial charge in [0, 0.05) is 18.6 Å². The van der Waals surface area contributed by atoms with Crippen molar-refractivity contribution in [2.45, 2.75) is 25.4 Å². The van der Waals surface area contributed by atoms with Gasteiger partial charge in [-0.25, -0.2) is 0 Å². The van der Waals surface area contributed by atoms with Crippen molar-refractivity contribution in [3.63, 3.8) is 0 Å². The van der Waals surface area contributed by atoms with Gasteiger partial charge in [-0.05, 0) is 13.5 Å². The summed E-state index contributed by atoms with van der Waals surface area (Å²) in [6.07, 6.45) is 1.19. The van der Waals surface area contributed by atoms with Crippen molar-refractivity contribution in [2.24, 2.45) is 5.73 Å². The molecule has 0 aliphatic carbocycles. The van der Waals surface area contributed by atoms with E-state index in [1.165, 1.54) is 6.42 Å². The van der Waals surface area contributed by atoms with Crippen molar-refractivity contribution in [2.75, 3.05) is 13.6 Å². The average Bonchev–Trinajstić information content (AvgIpc) is 1.67. The molecule has 2 heteroatoms. The number of nitrogens with two attached hydrogens (primary N) is 1. The third-order valence-electron chi connectivity index (χ3n) is 1.98. The van der Waals surface area contributed by atoms with Crippen LogP contribution >= 0.6 is 0 Å². The molecule has 0 radical (unpaired) electrons. The van der Waals surface area contributed by atoms with E-state index in [1.54, 1.807) is 0 Å². The van der Waals surface area contributed by atoms with Crippen molar-refractivity contribution >= 4 is 0 Å². The van der Waals surface area contributed by atoms with Crippen molar-refractivity contribution in [3.05, 3.63) is 0 Å². The molecule has 0 aromatic heterocycles. The second kappa shape index (κ2) is 2.03. The first-order chi connectivity index (χ1) is 3.75. The molecule has 1 aliphatic rings. The number of nitrogens with zero attached hydrogens (tertiary/aromatic N) is 1. The predicted molar refractivity (Wildman–Crippen MR) is 34.7 cm³/mol. The van der Waals surface area contributed by atoms with E-state index in [1.807, 2.05) is 0 Å². The van der Waals surface area contributed by atoms with Crippen molar-refractivity contribution in [1.29, 1.82) is 0 Å². The summed E-state index contributed by atoms with van der Waals surface area (Å²) < 4.78 is 0. The molecule has 0 spiro atoms. The lowest BCUT2D eigenvalue weighted by atomic mass is 9.96. The Labute approximate surface area is 50.7 Å². The predicted octanol–water partition coefficient (Wildman–Crippen LogP) is 0.0377. The summed E-state index contributed by atoms with van der Waals surface area (Å²) in [5.74, 6) is 0. The smallest absolute Gasteiger partial charge is 0.0326 e. The molecule has 1 heterocycles. The van der Waals surface area contributed by atoms with E-state index in [9.17, 15) is 0 Å². The van der Waals surface area contributed by atoms with Crippen LogP contribution < -0.4 is 5.73 Å². The first-order valence-corrected chi connectivity index (χ1v) is 3.21. The Hall–Kier alpha value is -0.0800. The molecule has 2 N–H and O–H groups in total. The minimum absolute atomic E-state index is 0.449. The third-order valence-corrected chi connectivity index (χ3v) is 1.98. The zero-order valence-corrected chi connectivity index (χ0v) is 5.59. The summed E-state index contributed by atoms with van der Waals surface area (Å²) in [6.45, 7) is 3.26. The Morgan fingerprint density at radius 3 is 2.50 bits per heavy atom. The maximum Gasteiger partial charge on any atom is 0.0326 e. The first kappa shape index (κ1) is 6.05. The van der Waals surface area contributed by atoms with E-state index in [0.717, 1.165) is 6.54 Å². The van der Waals surface area contributed by atoms with Gasteiger partial charge in [0.2, 0.25) is 0 Å². The van der Waals surface area contributed by atoms with Gasteiger partial charge in [0.05, 0.1) is 0 Å². The second-order valence-corrected chi connectivity index (χ2v) is 2.58. The fraction of sp³-hybridized carbons (Fsp3) is 1.00. The van der Waals surface area contributed by atoms with E-state index in [-0.39, 0.29) is 0 Å². The van der Waals surface area contributed by atoms with Crippen LogP contribution in [0, 0.1) is 0 Å². The molecule has 0 aromatic carbocycles. The van der Waals surface area contributed by atoms with Crippen LogP contribution in [0.5, 0.6) is 0 Å². The highest BCUT2D eigenvalue weighted by atomic mass is 15.2. The summed E-state index contributed by atoms with van der Waals surface area (Å²) in [6, 6.07) is 1.11. The van der Waals surface area contributed by atoms with Gasteiger partial charge in [0.1, 0.15) is 0 Å². The molecule has 1 saturated heterocycles. The first-order valence-electron chi connectivity index (χ1n) is 3.21.